The minimum atomic E-state index is -0.167. The number of rotatable bonds is 1. The van der Waals surface area contributed by atoms with Gasteiger partial charge < -0.3 is 4.74 Å². The Morgan fingerprint density at radius 1 is 1.57 bits per heavy atom. The summed E-state index contributed by atoms with van der Waals surface area (Å²) in [6, 6.07) is 0. The molecule has 0 amide bonds. The van der Waals surface area contributed by atoms with Crippen molar-refractivity contribution < 1.29 is 9.53 Å². The molecule has 0 unspecified atom stereocenters. The molecule has 1 fully saturated rings. The number of hydrogen-bond donors (Lipinski definition) is 0. The van der Waals surface area contributed by atoms with Gasteiger partial charge in [-0.2, -0.15) is 0 Å². The first kappa shape index (κ1) is 9.75. The molecule has 0 aromatic heterocycles. The van der Waals surface area contributed by atoms with Gasteiger partial charge in [0.2, 0.25) is 0 Å². The van der Waals surface area contributed by atoms with Crippen LogP contribution in [0.3, 0.4) is 0 Å². The summed E-state index contributed by atoms with van der Waals surface area (Å²) in [4.78, 5) is 10.9. The van der Waals surface area contributed by atoms with E-state index in [9.17, 15) is 4.79 Å². The Hall–Kier alpha value is -0.790. The van der Waals surface area contributed by atoms with E-state index in [-0.39, 0.29) is 12.1 Å². The second-order valence-corrected chi connectivity index (χ2v) is 5.20. The maximum Gasteiger partial charge on any atom is 0.303 e. The predicted octanol–water partition coefficient (Wildman–Crippen LogP) is 2.54. The lowest BCUT2D eigenvalue weighted by molar-refractivity contribution is -0.145. The molecule has 14 heavy (non-hydrogen) atoms. The second kappa shape index (κ2) is 2.85. The first-order valence-electron chi connectivity index (χ1n) is 5.28. The van der Waals surface area contributed by atoms with E-state index in [1.165, 1.54) is 12.5 Å². The summed E-state index contributed by atoms with van der Waals surface area (Å²) >= 11 is 0. The van der Waals surface area contributed by atoms with Gasteiger partial charge >= 0.3 is 5.97 Å². The highest BCUT2D eigenvalue weighted by Crippen LogP contribution is 2.63. The Kier molecular flexibility index (Phi) is 1.98. The van der Waals surface area contributed by atoms with E-state index in [4.69, 9.17) is 4.74 Å². The lowest BCUT2D eigenvalue weighted by Crippen LogP contribution is -2.21. The molecule has 0 N–H and O–H groups in total. The standard InChI is InChI=1S/C12H18O2/c1-7-5-9-10(12(9,3)4)6-11(7)14-8(2)13/h5,9-11H,6H2,1-4H3/t9-,10+,11+/m0/s1. The number of hydrogen-bond acceptors (Lipinski definition) is 2. The highest BCUT2D eigenvalue weighted by molar-refractivity contribution is 5.66. The van der Waals surface area contributed by atoms with E-state index in [1.54, 1.807) is 0 Å². The molecule has 0 heterocycles. The van der Waals surface area contributed by atoms with Gasteiger partial charge in [0.05, 0.1) is 0 Å². The maximum absolute atomic E-state index is 10.9. The number of allylic oxidation sites excluding steroid dienone is 1. The molecule has 2 heteroatoms. The fourth-order valence-electron chi connectivity index (χ4n) is 2.72. The van der Waals surface area contributed by atoms with Gasteiger partial charge in [-0.05, 0) is 36.2 Å². The van der Waals surface area contributed by atoms with Gasteiger partial charge in [-0.1, -0.05) is 19.9 Å². The Balaban J connectivity index is 2.09. The van der Waals surface area contributed by atoms with Crippen molar-refractivity contribution in [2.24, 2.45) is 17.3 Å². The highest BCUT2D eigenvalue weighted by Gasteiger charge is 2.58. The predicted molar refractivity (Wildman–Crippen MR) is 54.7 cm³/mol. The minimum Gasteiger partial charge on any atom is -0.458 e. The van der Waals surface area contributed by atoms with E-state index in [1.807, 2.05) is 0 Å². The van der Waals surface area contributed by atoms with Crippen molar-refractivity contribution in [2.45, 2.75) is 40.2 Å². The van der Waals surface area contributed by atoms with Crippen molar-refractivity contribution in [1.29, 1.82) is 0 Å². The zero-order chi connectivity index (χ0) is 10.5. The molecular weight excluding hydrogens is 176 g/mol. The first-order valence-corrected chi connectivity index (χ1v) is 5.28. The molecular formula is C12H18O2. The first-order chi connectivity index (χ1) is 6.43. The number of carbonyl (C=O) groups excluding carboxylic acids is 1. The Morgan fingerprint density at radius 2 is 2.21 bits per heavy atom. The van der Waals surface area contributed by atoms with Crippen molar-refractivity contribution in [3.8, 4) is 0 Å². The van der Waals surface area contributed by atoms with Crippen molar-refractivity contribution in [1.82, 2.24) is 0 Å². The van der Waals surface area contributed by atoms with E-state index >= 15 is 0 Å². The van der Waals surface area contributed by atoms with Crippen molar-refractivity contribution >= 4 is 5.97 Å². The zero-order valence-electron chi connectivity index (χ0n) is 9.33. The zero-order valence-corrected chi connectivity index (χ0v) is 9.33. The third-order valence-corrected chi connectivity index (χ3v) is 3.87. The van der Waals surface area contributed by atoms with Gasteiger partial charge in [-0.3, -0.25) is 4.79 Å². The van der Waals surface area contributed by atoms with E-state index in [0.29, 0.717) is 11.3 Å². The number of ether oxygens (including phenoxy) is 1. The molecule has 0 saturated heterocycles. The summed E-state index contributed by atoms with van der Waals surface area (Å²) < 4.78 is 5.29. The van der Waals surface area contributed by atoms with Gasteiger partial charge in [0.1, 0.15) is 6.10 Å². The van der Waals surface area contributed by atoms with Crippen LogP contribution in [-0.4, -0.2) is 12.1 Å². The molecule has 0 radical (unpaired) electrons. The number of carbonyl (C=O) groups is 1. The SMILES string of the molecule is CC(=O)O[C@@H]1C[C@@H]2[C@H](C=C1C)C2(C)C. The molecule has 2 nitrogen and oxygen atoms in total. The van der Waals surface area contributed by atoms with Crippen LogP contribution in [0.1, 0.15) is 34.1 Å². The van der Waals surface area contributed by atoms with Gasteiger partial charge in [0.25, 0.3) is 0 Å². The largest absolute Gasteiger partial charge is 0.458 e. The lowest BCUT2D eigenvalue weighted by atomic mass is 9.97. The smallest absolute Gasteiger partial charge is 0.303 e. The van der Waals surface area contributed by atoms with Gasteiger partial charge in [-0.15, -0.1) is 0 Å². The third-order valence-electron chi connectivity index (χ3n) is 3.87. The molecule has 2 aliphatic rings. The van der Waals surface area contributed by atoms with E-state index in [2.05, 4.69) is 26.8 Å². The van der Waals surface area contributed by atoms with Crippen LogP contribution in [0.25, 0.3) is 0 Å². The molecule has 0 spiro atoms. The second-order valence-electron chi connectivity index (χ2n) is 5.20. The average molecular weight is 194 g/mol. The summed E-state index contributed by atoms with van der Waals surface area (Å²) in [7, 11) is 0. The van der Waals surface area contributed by atoms with Crippen LogP contribution in [0.2, 0.25) is 0 Å². The average Bonchev–Trinajstić information content (AvgIpc) is 2.54. The summed E-state index contributed by atoms with van der Waals surface area (Å²) in [5, 5.41) is 0. The Bertz CT molecular complexity index is 301. The molecule has 0 aromatic rings. The van der Waals surface area contributed by atoms with Crippen LogP contribution in [0.5, 0.6) is 0 Å². The van der Waals surface area contributed by atoms with Crippen LogP contribution in [-0.2, 0) is 9.53 Å². The summed E-state index contributed by atoms with van der Waals surface area (Å²) in [5.74, 6) is 1.27. The molecule has 1 saturated carbocycles. The fourth-order valence-corrected chi connectivity index (χ4v) is 2.72. The normalized spacial score (nSPS) is 38.3. The third kappa shape index (κ3) is 1.37. The van der Waals surface area contributed by atoms with Crippen molar-refractivity contribution in [3.05, 3.63) is 11.6 Å². The van der Waals surface area contributed by atoms with E-state index in [0.717, 1.165) is 12.3 Å². The number of esters is 1. The van der Waals surface area contributed by atoms with Crippen LogP contribution in [0, 0.1) is 17.3 Å². The topological polar surface area (TPSA) is 26.3 Å². The Morgan fingerprint density at radius 3 is 2.79 bits per heavy atom. The molecule has 0 aromatic carbocycles. The summed E-state index contributed by atoms with van der Waals surface area (Å²) in [6.07, 6.45) is 3.34. The van der Waals surface area contributed by atoms with Crippen LogP contribution in [0.4, 0.5) is 0 Å². The lowest BCUT2D eigenvalue weighted by Gasteiger charge is -2.20. The van der Waals surface area contributed by atoms with Gasteiger partial charge in [0.15, 0.2) is 0 Å². The number of fused-ring (bicyclic) bond motifs is 1. The van der Waals surface area contributed by atoms with Crippen LogP contribution >= 0.6 is 0 Å². The van der Waals surface area contributed by atoms with Crippen LogP contribution in [0.15, 0.2) is 11.6 Å². The minimum absolute atomic E-state index is 0.0375. The quantitative estimate of drug-likeness (QED) is 0.473. The van der Waals surface area contributed by atoms with Gasteiger partial charge in [0, 0.05) is 6.92 Å². The molecule has 0 bridgehead atoms. The highest BCUT2D eigenvalue weighted by atomic mass is 16.5. The molecule has 0 aliphatic heterocycles. The van der Waals surface area contributed by atoms with E-state index < -0.39 is 0 Å². The van der Waals surface area contributed by atoms with Gasteiger partial charge in [-0.25, -0.2) is 0 Å². The molecule has 3 atom stereocenters. The van der Waals surface area contributed by atoms with Crippen molar-refractivity contribution in [2.75, 3.05) is 0 Å². The van der Waals surface area contributed by atoms with Crippen LogP contribution < -0.4 is 0 Å². The molecule has 2 aliphatic carbocycles. The monoisotopic (exact) mass is 194 g/mol. The van der Waals surface area contributed by atoms with Crippen molar-refractivity contribution in [3.63, 3.8) is 0 Å². The fraction of sp³-hybridized carbons (Fsp3) is 0.750. The summed E-state index contributed by atoms with van der Waals surface area (Å²) in [5.41, 5.74) is 1.66. The molecule has 2 rings (SSSR count). The summed E-state index contributed by atoms with van der Waals surface area (Å²) in [6.45, 7) is 8.14. The maximum atomic E-state index is 10.9. The molecule has 78 valence electrons. The Labute approximate surface area is 85.3 Å².